The summed E-state index contributed by atoms with van der Waals surface area (Å²) in [5.74, 6) is -0.236. The molecule has 0 saturated carbocycles. The maximum atomic E-state index is 11.9. The highest BCUT2D eigenvalue weighted by Crippen LogP contribution is 2.25. The first kappa shape index (κ1) is 14.8. The third kappa shape index (κ3) is 5.37. The fourth-order valence-corrected chi connectivity index (χ4v) is 1.59. The van der Waals surface area contributed by atoms with Crippen molar-refractivity contribution in [2.24, 2.45) is 11.5 Å². The van der Waals surface area contributed by atoms with Crippen molar-refractivity contribution in [2.75, 3.05) is 6.54 Å². The van der Waals surface area contributed by atoms with Crippen molar-refractivity contribution in [3.05, 3.63) is 29.8 Å². The predicted molar refractivity (Wildman–Crippen MR) is 63.0 cm³/mol. The number of hydrogen-bond donors (Lipinski definition) is 2. The molecule has 0 fully saturated rings. The number of nitrogens with two attached hydrogens (primary N) is 2. The van der Waals surface area contributed by atoms with Crippen LogP contribution in [0.25, 0.3) is 0 Å². The lowest BCUT2D eigenvalue weighted by atomic mass is 10.0. The summed E-state index contributed by atoms with van der Waals surface area (Å²) in [5.41, 5.74) is 12.1. The molecule has 0 amide bonds. The van der Waals surface area contributed by atoms with Gasteiger partial charge in [0, 0.05) is 6.04 Å². The van der Waals surface area contributed by atoms with Gasteiger partial charge in [0.2, 0.25) is 0 Å². The summed E-state index contributed by atoms with van der Waals surface area (Å²) in [6, 6.07) is 5.45. The summed E-state index contributed by atoms with van der Waals surface area (Å²) < 4.78 is 39.6. The molecule has 0 aliphatic rings. The van der Waals surface area contributed by atoms with Crippen molar-refractivity contribution in [3.8, 4) is 5.75 Å². The first-order valence-electron chi connectivity index (χ1n) is 5.74. The zero-order valence-corrected chi connectivity index (χ0v) is 9.91. The molecular weight excluding hydrogens is 245 g/mol. The van der Waals surface area contributed by atoms with Crippen LogP contribution in [0.15, 0.2) is 24.3 Å². The minimum absolute atomic E-state index is 0.184. The minimum atomic E-state index is -4.66. The van der Waals surface area contributed by atoms with Crippen LogP contribution >= 0.6 is 0 Å². The smallest absolute Gasteiger partial charge is 0.406 e. The molecule has 0 bridgehead atoms. The van der Waals surface area contributed by atoms with Crippen molar-refractivity contribution in [2.45, 2.75) is 31.7 Å². The minimum Gasteiger partial charge on any atom is -0.406 e. The van der Waals surface area contributed by atoms with Gasteiger partial charge in [-0.15, -0.1) is 13.2 Å². The number of halogens is 3. The fourth-order valence-electron chi connectivity index (χ4n) is 1.59. The zero-order chi connectivity index (χ0) is 13.6. The van der Waals surface area contributed by atoms with E-state index in [4.69, 9.17) is 11.5 Å². The Morgan fingerprint density at radius 3 is 2.22 bits per heavy atom. The molecule has 0 aliphatic carbocycles. The second kappa shape index (κ2) is 6.61. The molecule has 1 rings (SSSR count). The highest BCUT2D eigenvalue weighted by molar-refractivity contribution is 5.29. The Morgan fingerprint density at radius 2 is 1.72 bits per heavy atom. The van der Waals surface area contributed by atoms with Gasteiger partial charge < -0.3 is 16.2 Å². The average Bonchev–Trinajstić information content (AvgIpc) is 2.28. The maximum Gasteiger partial charge on any atom is 0.573 e. The molecule has 6 heteroatoms. The van der Waals surface area contributed by atoms with E-state index in [1.807, 2.05) is 0 Å². The average molecular weight is 262 g/mol. The first-order valence-corrected chi connectivity index (χ1v) is 5.74. The summed E-state index contributed by atoms with van der Waals surface area (Å²) in [6.45, 7) is 0.616. The summed E-state index contributed by atoms with van der Waals surface area (Å²) in [6.07, 6.45) is -2.11. The number of alkyl halides is 3. The van der Waals surface area contributed by atoms with E-state index in [2.05, 4.69) is 4.74 Å². The number of unbranched alkanes of at least 4 members (excludes halogenated alkanes) is 1. The second-order valence-corrected chi connectivity index (χ2v) is 4.01. The molecule has 0 saturated heterocycles. The summed E-state index contributed by atoms with van der Waals surface area (Å²) in [5, 5.41) is 0. The Kier molecular flexibility index (Phi) is 5.43. The Labute approximate surface area is 104 Å². The highest BCUT2D eigenvalue weighted by Gasteiger charge is 2.30. The van der Waals surface area contributed by atoms with Crippen LogP contribution in [0.4, 0.5) is 13.2 Å². The van der Waals surface area contributed by atoms with Crippen LogP contribution in [0.3, 0.4) is 0 Å². The molecule has 0 aromatic heterocycles. The number of ether oxygens (including phenoxy) is 1. The largest absolute Gasteiger partial charge is 0.573 e. The summed E-state index contributed by atoms with van der Waals surface area (Å²) >= 11 is 0. The normalized spacial score (nSPS) is 13.4. The van der Waals surface area contributed by atoms with E-state index in [-0.39, 0.29) is 11.8 Å². The number of benzene rings is 1. The van der Waals surface area contributed by atoms with E-state index in [0.29, 0.717) is 6.54 Å². The van der Waals surface area contributed by atoms with Crippen LogP contribution in [0.2, 0.25) is 0 Å². The topological polar surface area (TPSA) is 61.3 Å². The predicted octanol–water partition coefficient (Wildman–Crippen LogP) is 2.71. The van der Waals surface area contributed by atoms with Crippen LogP contribution in [-0.4, -0.2) is 12.9 Å². The lowest BCUT2D eigenvalue weighted by Gasteiger charge is -2.13. The quantitative estimate of drug-likeness (QED) is 0.775. The maximum absolute atomic E-state index is 11.9. The number of hydrogen-bond acceptors (Lipinski definition) is 3. The van der Waals surface area contributed by atoms with Crippen LogP contribution in [0.5, 0.6) is 5.75 Å². The molecule has 1 atom stereocenters. The Balaban J connectivity index is 2.54. The van der Waals surface area contributed by atoms with Gasteiger partial charge in [0.25, 0.3) is 0 Å². The molecule has 1 aromatic rings. The van der Waals surface area contributed by atoms with Gasteiger partial charge in [-0.05, 0) is 37.1 Å². The standard InChI is InChI=1S/C12H17F3N2O/c13-12(14,15)18-10-6-4-9(5-7-10)11(17)3-1-2-8-16/h4-7,11H,1-3,8,16-17H2/t11-/m0/s1. The van der Waals surface area contributed by atoms with Gasteiger partial charge in [-0.3, -0.25) is 0 Å². The van der Waals surface area contributed by atoms with Gasteiger partial charge in [-0.1, -0.05) is 18.6 Å². The van der Waals surface area contributed by atoms with Gasteiger partial charge in [-0.25, -0.2) is 0 Å². The third-order valence-electron chi connectivity index (χ3n) is 2.51. The van der Waals surface area contributed by atoms with Crippen LogP contribution in [0.1, 0.15) is 30.9 Å². The van der Waals surface area contributed by atoms with E-state index >= 15 is 0 Å². The second-order valence-electron chi connectivity index (χ2n) is 4.01. The van der Waals surface area contributed by atoms with Gasteiger partial charge >= 0.3 is 6.36 Å². The molecule has 0 unspecified atom stereocenters. The van der Waals surface area contributed by atoms with Crippen LogP contribution in [0, 0.1) is 0 Å². The number of rotatable bonds is 6. The molecule has 0 spiro atoms. The lowest BCUT2D eigenvalue weighted by Crippen LogP contribution is -2.17. The fraction of sp³-hybridized carbons (Fsp3) is 0.500. The SMILES string of the molecule is NCCCC[C@H](N)c1ccc(OC(F)(F)F)cc1. The molecule has 1 aromatic carbocycles. The summed E-state index contributed by atoms with van der Waals surface area (Å²) in [7, 11) is 0. The Morgan fingerprint density at radius 1 is 1.11 bits per heavy atom. The monoisotopic (exact) mass is 262 g/mol. The molecule has 3 nitrogen and oxygen atoms in total. The molecule has 0 radical (unpaired) electrons. The van der Waals surface area contributed by atoms with Crippen molar-refractivity contribution < 1.29 is 17.9 Å². The summed E-state index contributed by atoms with van der Waals surface area (Å²) in [4.78, 5) is 0. The van der Waals surface area contributed by atoms with Gasteiger partial charge in [-0.2, -0.15) is 0 Å². The third-order valence-corrected chi connectivity index (χ3v) is 2.51. The van der Waals surface area contributed by atoms with Crippen LogP contribution < -0.4 is 16.2 Å². The molecule has 18 heavy (non-hydrogen) atoms. The Hall–Kier alpha value is -1.27. The van der Waals surface area contributed by atoms with Crippen molar-refractivity contribution >= 4 is 0 Å². The van der Waals surface area contributed by atoms with Gasteiger partial charge in [0.1, 0.15) is 5.75 Å². The van der Waals surface area contributed by atoms with E-state index in [1.165, 1.54) is 12.1 Å². The molecule has 0 aliphatic heterocycles. The molecular formula is C12H17F3N2O. The van der Waals surface area contributed by atoms with E-state index in [9.17, 15) is 13.2 Å². The van der Waals surface area contributed by atoms with Gasteiger partial charge in [0.05, 0.1) is 0 Å². The highest BCUT2D eigenvalue weighted by atomic mass is 19.4. The zero-order valence-electron chi connectivity index (χ0n) is 9.91. The van der Waals surface area contributed by atoms with Gasteiger partial charge in [0.15, 0.2) is 0 Å². The van der Waals surface area contributed by atoms with E-state index in [1.54, 1.807) is 12.1 Å². The van der Waals surface area contributed by atoms with Crippen molar-refractivity contribution in [3.63, 3.8) is 0 Å². The Bertz CT molecular complexity index is 351. The molecule has 102 valence electrons. The van der Waals surface area contributed by atoms with E-state index < -0.39 is 6.36 Å². The van der Waals surface area contributed by atoms with Crippen molar-refractivity contribution in [1.29, 1.82) is 0 Å². The first-order chi connectivity index (χ1) is 8.42. The van der Waals surface area contributed by atoms with Crippen LogP contribution in [-0.2, 0) is 0 Å². The van der Waals surface area contributed by atoms with Crippen molar-refractivity contribution in [1.82, 2.24) is 0 Å². The lowest BCUT2D eigenvalue weighted by molar-refractivity contribution is -0.274. The van der Waals surface area contributed by atoms with E-state index in [0.717, 1.165) is 24.8 Å². The molecule has 0 heterocycles. The molecule has 4 N–H and O–H groups in total.